The van der Waals surface area contributed by atoms with Crippen LogP contribution in [0.1, 0.15) is 147 Å². The molecule has 24 nitrogen and oxygen atoms in total. The zero-order valence-corrected chi connectivity index (χ0v) is 63.6. The van der Waals surface area contributed by atoms with E-state index in [1.165, 1.54) is 38.5 Å². The summed E-state index contributed by atoms with van der Waals surface area (Å²) in [5, 5.41) is 95.3. The maximum absolute atomic E-state index is 13.9. The molecular weight excluding hydrogens is 1420 g/mol. The summed E-state index contributed by atoms with van der Waals surface area (Å²) in [5.41, 5.74) is 4.83. The Hall–Kier alpha value is -8.86. The number of hydrogen-bond donors (Lipinski definition) is 8. The van der Waals surface area contributed by atoms with E-state index in [9.17, 15) is 69.6 Å². The largest absolute Gasteiger partial charge is 0.507 e. The molecule has 0 saturated heterocycles. The number of allylic oxidation sites excluding steroid dienone is 2. The van der Waals surface area contributed by atoms with Crippen LogP contribution in [0.4, 0.5) is 0 Å². The van der Waals surface area contributed by atoms with Crippen LogP contribution in [-0.2, 0) is 99.6 Å². The van der Waals surface area contributed by atoms with E-state index in [4.69, 9.17) is 47.4 Å². The number of methoxy groups -OCH3 is 4. The van der Waals surface area contributed by atoms with E-state index in [0.29, 0.717) is 287 Å². The summed E-state index contributed by atoms with van der Waals surface area (Å²) >= 11 is 0. The minimum Gasteiger partial charge on any atom is -0.507 e. The van der Waals surface area contributed by atoms with Crippen LogP contribution < -0.4 is 31.2 Å². The van der Waals surface area contributed by atoms with Crippen LogP contribution in [0.5, 0.6) is 34.5 Å². The molecule has 0 radical (unpaired) electrons. The number of carbonyl (C=O) groups excluding carboxylic acids is 2. The number of hydrogen-bond acceptors (Lipinski definition) is 24. The number of rotatable bonds is 44. The molecule has 0 bridgehead atoms. The summed E-state index contributed by atoms with van der Waals surface area (Å²) in [7, 11) is 6.09. The molecule has 588 valence electrons. The predicted octanol–water partition coefficient (Wildman–Crippen LogP) is 10.8. The molecule has 0 saturated carbocycles. The first-order valence-corrected chi connectivity index (χ1v) is 37.9. The number of fused-ring (bicyclic) bond motifs is 2. The first-order chi connectivity index (χ1) is 53.3. The fourth-order valence-corrected chi connectivity index (χ4v) is 16.4. The van der Waals surface area contributed by atoms with Crippen LogP contribution >= 0.6 is 0 Å². The van der Waals surface area contributed by atoms with Crippen molar-refractivity contribution in [1.82, 2.24) is 0 Å². The van der Waals surface area contributed by atoms with Gasteiger partial charge in [-0.25, -0.2) is 0 Å². The second kappa shape index (κ2) is 37.9. The predicted molar refractivity (Wildman–Crippen MR) is 422 cm³/mol. The third-order valence-corrected chi connectivity index (χ3v) is 21.2. The van der Waals surface area contributed by atoms with Gasteiger partial charge in [-0.05, 0) is 179 Å². The van der Waals surface area contributed by atoms with Gasteiger partial charge in [0.2, 0.25) is 0 Å². The van der Waals surface area contributed by atoms with Crippen molar-refractivity contribution >= 4 is 110 Å². The SMILES string of the molecule is COCCOCCOCCOCCCC(=O)CCCCCc1c(O)c2c(=O)cc(CO)c3c4c(CO)cc(=O)c5c(O)c(OC)c6c(c(c1C=C(C)C6)c23)c54.COCCOCCOCCOCCCC(=O)CCCCCc1c(O)c2c(=O)cc(CO)c3c4c(CO)cc(=O)c5c(O)c(OC)c6c(c(c1CC(C)=C6)c23)c54. The van der Waals surface area contributed by atoms with E-state index in [1.807, 2.05) is 26.0 Å². The van der Waals surface area contributed by atoms with Gasteiger partial charge in [0.05, 0.1) is 141 Å². The molecule has 10 aromatic carbocycles. The number of carbonyl (C=O) groups is 2. The Kier molecular flexibility index (Phi) is 28.3. The number of ether oxygens (including phenoxy) is 10. The van der Waals surface area contributed by atoms with Crippen LogP contribution in [0.3, 0.4) is 0 Å². The molecule has 0 fully saturated rings. The van der Waals surface area contributed by atoms with Crippen molar-refractivity contribution in [2.45, 2.75) is 143 Å². The number of unbranched alkanes of at least 4 members (excludes halogenated alkanes) is 4. The van der Waals surface area contributed by atoms with Gasteiger partial charge in [-0.1, -0.05) is 36.1 Å². The highest BCUT2D eigenvalue weighted by molar-refractivity contribution is 6.40. The molecule has 2 aliphatic rings. The maximum Gasteiger partial charge on any atom is 0.190 e. The fraction of sp³-hybridized carbons (Fsp3) is 0.465. The van der Waals surface area contributed by atoms with Crippen molar-refractivity contribution in [3.8, 4) is 34.5 Å². The van der Waals surface area contributed by atoms with Crippen molar-refractivity contribution < 1.29 is 97.8 Å². The number of aliphatic hydroxyl groups is 4. The van der Waals surface area contributed by atoms with Gasteiger partial charge in [0.1, 0.15) is 23.1 Å². The van der Waals surface area contributed by atoms with Crippen LogP contribution in [0.25, 0.3) is 98.3 Å². The lowest BCUT2D eigenvalue weighted by Gasteiger charge is -2.24. The second-order valence-electron chi connectivity index (χ2n) is 28.4. The van der Waals surface area contributed by atoms with Crippen molar-refractivity contribution in [3.05, 3.63) is 132 Å². The monoisotopic (exact) mass is 1520 g/mol. The number of phenols is 4. The van der Waals surface area contributed by atoms with Gasteiger partial charge in [-0.3, -0.25) is 28.8 Å². The number of aliphatic hydroxyl groups excluding tert-OH is 4. The summed E-state index contributed by atoms with van der Waals surface area (Å²) in [6.07, 6.45) is 12.5. The Morgan fingerprint density at radius 3 is 1.05 bits per heavy atom. The Bertz CT molecular complexity index is 5320. The minimum atomic E-state index is -0.506. The van der Waals surface area contributed by atoms with Gasteiger partial charge in [0.25, 0.3) is 0 Å². The highest BCUT2D eigenvalue weighted by atomic mass is 16.6. The molecule has 0 atom stereocenters. The van der Waals surface area contributed by atoms with Crippen molar-refractivity contribution in [1.29, 1.82) is 0 Å². The molecule has 0 amide bonds. The maximum atomic E-state index is 13.9. The Morgan fingerprint density at radius 1 is 0.327 bits per heavy atom. The summed E-state index contributed by atoms with van der Waals surface area (Å²) in [4.78, 5) is 80.2. The molecule has 2 aliphatic carbocycles. The first kappa shape index (κ1) is 82.1. The molecule has 0 unspecified atom stereocenters. The van der Waals surface area contributed by atoms with Crippen LogP contribution in [0.2, 0.25) is 0 Å². The lowest BCUT2D eigenvalue weighted by molar-refractivity contribution is -0.120. The average molecular weight is 1520 g/mol. The highest BCUT2D eigenvalue weighted by Crippen LogP contribution is 2.56. The fourth-order valence-electron chi connectivity index (χ4n) is 16.4. The molecule has 10 aromatic rings. The Labute approximate surface area is 635 Å². The van der Waals surface area contributed by atoms with E-state index in [1.54, 1.807) is 14.2 Å². The van der Waals surface area contributed by atoms with E-state index in [2.05, 4.69) is 0 Å². The van der Waals surface area contributed by atoms with E-state index >= 15 is 0 Å². The van der Waals surface area contributed by atoms with Crippen LogP contribution in [-0.4, -0.2) is 173 Å². The number of benzene rings is 10. The van der Waals surface area contributed by atoms with Gasteiger partial charge in [-0.15, -0.1) is 0 Å². The van der Waals surface area contributed by atoms with Crippen molar-refractivity contribution in [2.75, 3.05) is 121 Å². The van der Waals surface area contributed by atoms with Gasteiger partial charge >= 0.3 is 0 Å². The molecule has 0 spiro atoms. The summed E-state index contributed by atoms with van der Waals surface area (Å²) in [6, 6.07) is 5.13. The topological polar surface area (TPSA) is 357 Å². The highest BCUT2D eigenvalue weighted by Gasteiger charge is 2.35. The number of ketones is 2. The summed E-state index contributed by atoms with van der Waals surface area (Å²) < 4.78 is 54.1. The zero-order valence-electron chi connectivity index (χ0n) is 63.6. The smallest absolute Gasteiger partial charge is 0.190 e. The lowest BCUT2D eigenvalue weighted by atomic mass is 9.80. The number of Topliss-reactive ketones (excluding diaryl/α,β-unsaturated/α-hetero) is 2. The third-order valence-electron chi connectivity index (χ3n) is 21.2. The van der Waals surface area contributed by atoms with Crippen molar-refractivity contribution in [3.63, 3.8) is 0 Å². The molecular formula is C86H100O24. The lowest BCUT2D eigenvalue weighted by Crippen LogP contribution is -2.12. The van der Waals surface area contributed by atoms with Gasteiger partial charge in [0, 0.05) is 96.7 Å². The normalized spacial score (nSPS) is 12.9. The minimum absolute atomic E-state index is 0.0195. The molecule has 110 heavy (non-hydrogen) atoms. The molecule has 0 aromatic heterocycles. The van der Waals surface area contributed by atoms with Gasteiger partial charge < -0.3 is 88.2 Å². The van der Waals surface area contributed by atoms with E-state index in [0.717, 1.165) is 23.1 Å². The van der Waals surface area contributed by atoms with E-state index < -0.39 is 48.1 Å². The molecule has 8 N–H and O–H groups in total. The summed E-state index contributed by atoms with van der Waals surface area (Å²) in [6.45, 7) is 8.77. The molecule has 0 heterocycles. The zero-order chi connectivity index (χ0) is 78.4. The first-order valence-electron chi connectivity index (χ1n) is 37.9. The standard InChI is InChI=1S/2C43H50O12/c2*1-24-18-29-28(10-6-4-5-8-27(46)9-7-11-53-14-15-55-17-16-54-13-12-51-2)41(49)37-31(47)20-25(22-44)33-34-26(23-45)21-32(48)38-40(34)36(35(29)39(33)37)30(19-24)43(52-3)42(38)50/h19-21,44-45,49-50H,4-18,22-23H2,1-3H3;18,20-21,44-45,49-50H,4-17,19,22-23H2,1-3H3. The molecule has 24 heteroatoms. The third kappa shape index (κ3) is 16.7. The van der Waals surface area contributed by atoms with Gasteiger partial charge in [-0.2, -0.15) is 0 Å². The number of phenolic OH excluding ortho intramolecular Hbond substituents is 4. The molecule has 12 rings (SSSR count). The quantitative estimate of drug-likeness (QED) is 0.00999. The molecule has 0 aliphatic heterocycles. The van der Waals surface area contributed by atoms with E-state index in [-0.39, 0.29) is 84.3 Å². The van der Waals surface area contributed by atoms with Crippen molar-refractivity contribution in [2.24, 2.45) is 0 Å². The number of aromatic hydroxyl groups is 4. The average Bonchev–Trinajstić information content (AvgIpc) is 1.07. The summed E-state index contributed by atoms with van der Waals surface area (Å²) in [5.74, 6) is -0.324. The second-order valence-corrected chi connectivity index (χ2v) is 28.4. The van der Waals surface area contributed by atoms with Gasteiger partial charge in [0.15, 0.2) is 44.7 Å². The van der Waals surface area contributed by atoms with Crippen LogP contribution in [0.15, 0.2) is 54.6 Å². The Balaban J connectivity index is 0.000000218. The Morgan fingerprint density at radius 2 is 0.645 bits per heavy atom. The van der Waals surface area contributed by atoms with Crippen LogP contribution in [0, 0.1) is 0 Å².